The van der Waals surface area contributed by atoms with Gasteiger partial charge in [-0.05, 0) is 148 Å². The number of Topliss-reactive ketones (excluding diaryl/α,β-unsaturated/α-hetero) is 1. The van der Waals surface area contributed by atoms with Crippen molar-refractivity contribution >= 4 is 56.5 Å². The number of aryl methyl sites for hydroxylation is 1. The van der Waals surface area contributed by atoms with Crippen LogP contribution in [-0.4, -0.2) is 69.0 Å². The summed E-state index contributed by atoms with van der Waals surface area (Å²) >= 11 is 1.71. The fraction of sp³-hybridized carbons (Fsp3) is 0.885. The van der Waals surface area contributed by atoms with Crippen LogP contribution in [0.1, 0.15) is 173 Å². The van der Waals surface area contributed by atoms with Gasteiger partial charge in [0.05, 0.1) is 29.0 Å². The second-order valence-corrected chi connectivity index (χ2v) is 46.9. The Kier molecular flexibility index (Phi) is 20.2. The molecule has 0 N–H and O–H groups in total. The van der Waals surface area contributed by atoms with Crippen molar-refractivity contribution in [3.63, 3.8) is 0 Å². The molecule has 1 heterocycles. The Morgan fingerprint density at radius 2 is 1.21 bits per heavy atom. The molecule has 1 fully saturated rings. The smallest absolute Gasteiger partial charge is 0.192 e. The van der Waals surface area contributed by atoms with Crippen LogP contribution in [0, 0.1) is 36.0 Å². The molecule has 0 bridgehead atoms. The molecule has 368 valence electrons. The first-order chi connectivity index (χ1) is 28.1. The maximum Gasteiger partial charge on any atom is 0.192 e. The van der Waals surface area contributed by atoms with Crippen molar-refractivity contribution in [2.24, 2.45) is 29.1 Å². The van der Waals surface area contributed by atoms with Gasteiger partial charge in [-0.2, -0.15) is 0 Å². The van der Waals surface area contributed by atoms with Crippen molar-refractivity contribution in [3.05, 3.63) is 21.7 Å². The third-order valence-electron chi connectivity index (χ3n) is 17.1. The Morgan fingerprint density at radius 3 is 1.65 bits per heavy atom. The number of hydrogen-bond acceptors (Lipinski definition) is 7. The van der Waals surface area contributed by atoms with Crippen molar-refractivity contribution < 1.29 is 22.5 Å². The summed E-state index contributed by atoms with van der Waals surface area (Å²) in [7, 11) is -8.41. The molecule has 0 spiro atoms. The van der Waals surface area contributed by atoms with E-state index in [4.69, 9.17) is 22.7 Å². The van der Waals surface area contributed by atoms with Gasteiger partial charge in [0.2, 0.25) is 0 Å². The zero-order chi connectivity index (χ0) is 49.2. The average Bonchev–Trinajstić information content (AvgIpc) is 3.50. The zero-order valence-corrected chi connectivity index (χ0v) is 51.1. The van der Waals surface area contributed by atoms with Gasteiger partial charge < -0.3 is 17.7 Å². The summed E-state index contributed by atoms with van der Waals surface area (Å²) in [5.74, 6) is 1.61. The Morgan fingerprint density at radius 1 is 0.730 bits per heavy atom. The van der Waals surface area contributed by atoms with Crippen LogP contribution in [0.5, 0.6) is 0 Å². The number of nitrogens with zero attached hydrogens (tertiary/aromatic N) is 1. The maximum atomic E-state index is 15.3. The Hall–Kier alpha value is -0.252. The van der Waals surface area contributed by atoms with E-state index < -0.39 is 38.7 Å². The number of thiazole rings is 1. The standard InChI is InChI=1S/C52H103NO5SSi4/c1-37(28-27-29-41-30-31-42(41)35-44(56-61(21,22)49(8,9)10)38(2)34-43-36-59-40(4)53-43)46(58-63(25,26)51(14,15)16)39(3)47(54)52(17,18)45(57-62(23,24)50(11,12)13)32-33-55-60(19,20)48(5,6)7/h34,36-37,39,41-42,44-46H,27-33,35H2,1-26H3/b38-34+/t37-,39+,41-,42-,44?,45-,46-/m0/s1. The molecule has 2 rings (SSSR count). The molecule has 0 aromatic carbocycles. The molecule has 11 heteroatoms. The Labute approximate surface area is 399 Å². The first kappa shape index (κ1) is 58.9. The lowest BCUT2D eigenvalue weighted by molar-refractivity contribution is -0.141. The number of carbonyl (C=O) groups excluding carboxylic acids is 1. The summed E-state index contributed by atoms with van der Waals surface area (Å²) in [6.45, 7) is 60.3. The quantitative estimate of drug-likeness (QED) is 0.102. The van der Waals surface area contributed by atoms with Crippen LogP contribution < -0.4 is 0 Å². The third kappa shape index (κ3) is 15.9. The van der Waals surface area contributed by atoms with E-state index in [2.05, 4.69) is 188 Å². The summed E-state index contributed by atoms with van der Waals surface area (Å²) in [6, 6.07) is 0. The van der Waals surface area contributed by atoms with E-state index >= 15 is 4.79 Å². The van der Waals surface area contributed by atoms with Crippen LogP contribution in [0.15, 0.2) is 11.0 Å². The van der Waals surface area contributed by atoms with Gasteiger partial charge in [0.1, 0.15) is 5.78 Å². The van der Waals surface area contributed by atoms with E-state index in [1.54, 1.807) is 11.3 Å². The number of aromatic nitrogens is 1. The molecule has 0 amide bonds. The van der Waals surface area contributed by atoms with Crippen LogP contribution in [0.3, 0.4) is 0 Å². The lowest BCUT2D eigenvalue weighted by Gasteiger charge is -2.47. The van der Waals surface area contributed by atoms with Crippen LogP contribution in [0.2, 0.25) is 72.5 Å². The lowest BCUT2D eigenvalue weighted by atomic mass is 9.68. The molecule has 1 unspecified atom stereocenters. The zero-order valence-electron chi connectivity index (χ0n) is 46.2. The summed E-state index contributed by atoms with van der Waals surface area (Å²) in [5.41, 5.74) is 1.64. The SMILES string of the molecule is C/C(=C\c1csc(C)n1)C(C[C@@H]1CC[C@@H]1CCC[C@H](C)[C@H](O[Si](C)(C)C(C)(C)C)[C@@H](C)C(=O)C(C)(C)[C@H](CCO[Si](C)(C)C(C)(C)C)O[Si](C)(C)C(C)(C)C)O[Si](C)(C)C(C)(C)C. The predicted octanol–water partition coefficient (Wildman–Crippen LogP) is 16.9. The predicted molar refractivity (Wildman–Crippen MR) is 286 cm³/mol. The largest absolute Gasteiger partial charge is 0.417 e. The van der Waals surface area contributed by atoms with Crippen molar-refractivity contribution in [2.45, 2.75) is 260 Å². The minimum absolute atomic E-state index is 0.0210. The molecule has 6 nitrogen and oxygen atoms in total. The fourth-order valence-corrected chi connectivity index (χ4v) is 13.9. The summed E-state index contributed by atoms with van der Waals surface area (Å²) in [5, 5.41) is 3.59. The van der Waals surface area contributed by atoms with Crippen LogP contribution >= 0.6 is 11.3 Å². The highest BCUT2D eigenvalue weighted by Crippen LogP contribution is 2.47. The second kappa shape index (κ2) is 21.6. The minimum Gasteiger partial charge on any atom is -0.417 e. The van der Waals surface area contributed by atoms with Crippen LogP contribution in [0.25, 0.3) is 6.08 Å². The highest BCUT2D eigenvalue weighted by molar-refractivity contribution is 7.09. The van der Waals surface area contributed by atoms with Crippen molar-refractivity contribution in [2.75, 3.05) is 6.61 Å². The second-order valence-electron chi connectivity index (χ2n) is 26.8. The highest BCUT2D eigenvalue weighted by Gasteiger charge is 2.50. The van der Waals surface area contributed by atoms with E-state index in [-0.39, 0.29) is 56.1 Å². The average molecular weight is 967 g/mol. The van der Waals surface area contributed by atoms with E-state index in [1.165, 1.54) is 24.8 Å². The number of rotatable bonds is 23. The normalized spacial score (nSPS) is 20.6. The Balaban J connectivity index is 2.37. The van der Waals surface area contributed by atoms with Gasteiger partial charge in [-0.25, -0.2) is 4.98 Å². The summed E-state index contributed by atoms with van der Waals surface area (Å²) < 4.78 is 28.7. The van der Waals surface area contributed by atoms with E-state index in [9.17, 15) is 0 Å². The van der Waals surface area contributed by atoms with Crippen molar-refractivity contribution in [1.82, 2.24) is 4.98 Å². The number of carbonyl (C=O) groups is 1. The molecule has 0 aliphatic heterocycles. The van der Waals surface area contributed by atoms with Gasteiger partial charge >= 0.3 is 0 Å². The molecule has 1 aromatic rings. The maximum absolute atomic E-state index is 15.3. The van der Waals surface area contributed by atoms with Gasteiger partial charge in [-0.15, -0.1) is 11.3 Å². The van der Waals surface area contributed by atoms with E-state index in [1.807, 2.05) is 0 Å². The minimum atomic E-state index is -2.22. The molecule has 0 saturated heterocycles. The lowest BCUT2D eigenvalue weighted by Crippen LogP contribution is -2.54. The molecule has 1 aliphatic carbocycles. The monoisotopic (exact) mass is 966 g/mol. The molecule has 1 aliphatic rings. The van der Waals surface area contributed by atoms with Gasteiger partial charge in [-0.3, -0.25) is 4.79 Å². The van der Waals surface area contributed by atoms with Crippen molar-refractivity contribution in [1.29, 1.82) is 0 Å². The first-order valence-electron chi connectivity index (χ1n) is 24.9. The number of ketones is 1. The van der Waals surface area contributed by atoms with Gasteiger partial charge in [0.25, 0.3) is 0 Å². The van der Waals surface area contributed by atoms with Gasteiger partial charge in [0.15, 0.2) is 33.3 Å². The van der Waals surface area contributed by atoms with Crippen LogP contribution in [-0.2, 0) is 22.5 Å². The van der Waals surface area contributed by atoms with Gasteiger partial charge in [-0.1, -0.05) is 124 Å². The molecular formula is C52H103NO5SSi4. The Bertz CT molecular complexity index is 1640. The third-order valence-corrected chi connectivity index (χ3v) is 35.9. The molecule has 7 atom stereocenters. The topological polar surface area (TPSA) is 66.9 Å². The molecule has 0 radical (unpaired) electrons. The molecule has 63 heavy (non-hydrogen) atoms. The molecule has 1 saturated carbocycles. The fourth-order valence-electron chi connectivity index (χ4n) is 7.96. The van der Waals surface area contributed by atoms with Crippen molar-refractivity contribution in [3.8, 4) is 0 Å². The van der Waals surface area contributed by atoms with Crippen LogP contribution in [0.4, 0.5) is 0 Å². The van der Waals surface area contributed by atoms with E-state index in [0.717, 1.165) is 30.0 Å². The summed E-state index contributed by atoms with van der Waals surface area (Å²) in [6.07, 6.45) is 9.75. The van der Waals surface area contributed by atoms with Gasteiger partial charge in [0, 0.05) is 23.3 Å². The number of hydrogen-bond donors (Lipinski definition) is 0. The molecular weight excluding hydrogens is 863 g/mol. The first-order valence-corrected chi connectivity index (χ1v) is 37.4. The summed E-state index contributed by atoms with van der Waals surface area (Å²) in [4.78, 5) is 20.0. The highest BCUT2D eigenvalue weighted by atomic mass is 32.1. The molecule has 1 aromatic heterocycles. The van der Waals surface area contributed by atoms with E-state index in [0.29, 0.717) is 24.9 Å².